The largest absolute Gasteiger partial charge is 0.309 e. The van der Waals surface area contributed by atoms with Crippen LogP contribution in [-0.2, 0) is 4.79 Å². The zero-order valence-corrected chi connectivity index (χ0v) is 19.2. The predicted octanol–water partition coefficient (Wildman–Crippen LogP) is 5.62. The van der Waals surface area contributed by atoms with Gasteiger partial charge in [-0.2, -0.15) is 0 Å². The zero-order valence-electron chi connectivity index (χ0n) is 19.2. The highest BCUT2D eigenvalue weighted by atomic mass is 16.1. The normalized spacial score (nSPS) is 34.4. The van der Waals surface area contributed by atoms with Crippen LogP contribution in [0.3, 0.4) is 0 Å². The summed E-state index contributed by atoms with van der Waals surface area (Å²) in [5.41, 5.74) is 7.15. The zero-order chi connectivity index (χ0) is 21.5. The van der Waals surface area contributed by atoms with Crippen LogP contribution < -0.4 is 0 Å². The summed E-state index contributed by atoms with van der Waals surface area (Å²) in [6.45, 7) is 8.06. The molecule has 30 heavy (non-hydrogen) atoms. The summed E-state index contributed by atoms with van der Waals surface area (Å²) in [5, 5.41) is 0. The van der Waals surface area contributed by atoms with Crippen molar-refractivity contribution in [3.8, 4) is 0 Å². The number of rotatable bonds is 5. The first kappa shape index (κ1) is 21.2. The van der Waals surface area contributed by atoms with E-state index < -0.39 is 0 Å². The fourth-order valence-corrected chi connectivity index (χ4v) is 6.60. The van der Waals surface area contributed by atoms with Crippen molar-refractivity contribution in [3.05, 3.63) is 59.0 Å². The first-order valence-corrected chi connectivity index (χ1v) is 11.4. The van der Waals surface area contributed by atoms with Crippen molar-refractivity contribution in [2.24, 2.45) is 22.7 Å². The van der Waals surface area contributed by atoms with Gasteiger partial charge in [-0.25, -0.2) is 0 Å². The van der Waals surface area contributed by atoms with Gasteiger partial charge in [-0.1, -0.05) is 37.1 Å². The second-order valence-corrected chi connectivity index (χ2v) is 10.4. The van der Waals surface area contributed by atoms with E-state index in [0.717, 1.165) is 32.1 Å². The summed E-state index contributed by atoms with van der Waals surface area (Å²) in [5.74, 6) is 1.21. The number of hydrogen-bond acceptors (Lipinski definition) is 3. The van der Waals surface area contributed by atoms with E-state index in [-0.39, 0.29) is 10.8 Å². The van der Waals surface area contributed by atoms with Crippen LogP contribution in [-0.4, -0.2) is 36.8 Å². The minimum absolute atomic E-state index is 0.101. The molecule has 0 amide bonds. The SMILES string of the molecule is Cc1cncc(C2=CC=C3C4CC/C(=C/C=O)C(C)(CCN(C)C)C4CCC23C)c1. The van der Waals surface area contributed by atoms with Gasteiger partial charge in [0.05, 0.1) is 0 Å². The molecular formula is C27H36N2O. The molecule has 2 saturated carbocycles. The van der Waals surface area contributed by atoms with Gasteiger partial charge in [-0.05, 0) is 106 Å². The monoisotopic (exact) mass is 404 g/mol. The second kappa shape index (κ2) is 7.92. The number of allylic oxidation sites excluding steroid dienone is 6. The Morgan fingerprint density at radius 1 is 1.20 bits per heavy atom. The Labute approximate surface area is 182 Å². The lowest BCUT2D eigenvalue weighted by Gasteiger charge is -2.55. The maximum absolute atomic E-state index is 11.4. The quantitative estimate of drug-likeness (QED) is 0.471. The number of aryl methyl sites for hydroxylation is 1. The van der Waals surface area contributed by atoms with Crippen molar-refractivity contribution >= 4 is 11.9 Å². The molecule has 3 nitrogen and oxygen atoms in total. The number of carbonyl (C=O) groups excluding carboxylic acids is 1. The fraction of sp³-hybridized carbons (Fsp3) is 0.556. The third-order valence-electron chi connectivity index (χ3n) is 8.31. The molecule has 0 aromatic carbocycles. The van der Waals surface area contributed by atoms with Crippen LogP contribution in [0.2, 0.25) is 0 Å². The van der Waals surface area contributed by atoms with Crippen molar-refractivity contribution in [2.45, 2.75) is 52.9 Å². The lowest BCUT2D eigenvalue weighted by atomic mass is 9.49. The fourth-order valence-electron chi connectivity index (χ4n) is 6.60. The maximum atomic E-state index is 11.4. The van der Waals surface area contributed by atoms with Gasteiger partial charge >= 0.3 is 0 Å². The summed E-state index contributed by atoms with van der Waals surface area (Å²) in [6.07, 6.45) is 17.4. The van der Waals surface area contributed by atoms with Crippen molar-refractivity contribution in [3.63, 3.8) is 0 Å². The van der Waals surface area contributed by atoms with Gasteiger partial charge in [-0.3, -0.25) is 9.78 Å². The van der Waals surface area contributed by atoms with Crippen LogP contribution in [0.15, 0.2) is 47.8 Å². The van der Waals surface area contributed by atoms with Crippen LogP contribution in [0, 0.1) is 29.6 Å². The van der Waals surface area contributed by atoms with Gasteiger partial charge in [0.2, 0.25) is 0 Å². The van der Waals surface area contributed by atoms with Gasteiger partial charge in [-0.15, -0.1) is 0 Å². The van der Waals surface area contributed by atoms with Crippen LogP contribution in [0.4, 0.5) is 0 Å². The van der Waals surface area contributed by atoms with Crippen LogP contribution in [0.5, 0.6) is 0 Å². The molecule has 1 aromatic rings. The lowest BCUT2D eigenvalue weighted by Crippen LogP contribution is -2.46. The Morgan fingerprint density at radius 2 is 2.00 bits per heavy atom. The summed E-state index contributed by atoms with van der Waals surface area (Å²) >= 11 is 0. The minimum Gasteiger partial charge on any atom is -0.309 e. The Kier molecular flexibility index (Phi) is 5.61. The Hall–Kier alpha value is -2.00. The molecule has 0 bridgehead atoms. The molecule has 4 unspecified atom stereocenters. The topological polar surface area (TPSA) is 33.2 Å². The summed E-state index contributed by atoms with van der Waals surface area (Å²) in [7, 11) is 4.30. The number of pyridine rings is 1. The van der Waals surface area contributed by atoms with E-state index in [1.54, 1.807) is 5.57 Å². The molecule has 0 aliphatic heterocycles. The van der Waals surface area contributed by atoms with Gasteiger partial charge < -0.3 is 4.90 Å². The molecule has 4 rings (SSSR count). The molecule has 2 fully saturated rings. The highest BCUT2D eigenvalue weighted by Crippen LogP contribution is 2.64. The molecule has 0 N–H and O–H groups in total. The Morgan fingerprint density at radius 3 is 2.70 bits per heavy atom. The average Bonchev–Trinajstić information content (AvgIpc) is 3.06. The summed E-state index contributed by atoms with van der Waals surface area (Å²) in [6, 6.07) is 2.28. The smallest absolute Gasteiger partial charge is 0.142 e. The first-order valence-electron chi connectivity index (χ1n) is 11.4. The number of hydrogen-bond donors (Lipinski definition) is 0. The predicted molar refractivity (Wildman–Crippen MR) is 124 cm³/mol. The van der Waals surface area contributed by atoms with Gasteiger partial charge in [0.1, 0.15) is 6.29 Å². The molecule has 3 aliphatic rings. The number of nitrogens with zero attached hydrogens (tertiary/aromatic N) is 2. The lowest BCUT2D eigenvalue weighted by molar-refractivity contribution is -0.104. The van der Waals surface area contributed by atoms with Crippen LogP contribution in [0.25, 0.3) is 5.57 Å². The molecular weight excluding hydrogens is 368 g/mol. The molecule has 0 radical (unpaired) electrons. The van der Waals surface area contributed by atoms with E-state index in [1.807, 2.05) is 18.5 Å². The Bertz CT molecular complexity index is 925. The van der Waals surface area contributed by atoms with Crippen molar-refractivity contribution in [1.82, 2.24) is 9.88 Å². The molecule has 1 heterocycles. The van der Waals surface area contributed by atoms with Gasteiger partial charge in [0.25, 0.3) is 0 Å². The molecule has 3 heteroatoms. The molecule has 160 valence electrons. The van der Waals surface area contributed by atoms with E-state index in [1.165, 1.54) is 35.1 Å². The third kappa shape index (κ3) is 3.41. The standard InChI is InChI=1S/C27H36N2O/c1-19-16-20(18-28-17-19)23-8-9-24-22-7-6-21(11-15-30)26(2,13-14-29(4)5)25(22)10-12-27(23,24)3/h8-9,11,15-18,22,25H,6-7,10,12-14H2,1-5H3/b21-11-. The molecule has 0 saturated heterocycles. The first-order chi connectivity index (χ1) is 14.3. The minimum atomic E-state index is 0.101. The van der Waals surface area contributed by atoms with E-state index in [4.69, 9.17) is 0 Å². The van der Waals surface area contributed by atoms with Crippen LogP contribution >= 0.6 is 0 Å². The van der Waals surface area contributed by atoms with E-state index in [2.05, 4.69) is 63.0 Å². The van der Waals surface area contributed by atoms with E-state index in [0.29, 0.717) is 11.8 Å². The number of carbonyl (C=O) groups is 1. The maximum Gasteiger partial charge on any atom is 0.142 e. The van der Waals surface area contributed by atoms with E-state index in [9.17, 15) is 4.79 Å². The molecule has 3 aliphatic carbocycles. The molecule has 0 spiro atoms. The van der Waals surface area contributed by atoms with Crippen molar-refractivity contribution in [2.75, 3.05) is 20.6 Å². The second-order valence-electron chi connectivity index (χ2n) is 10.4. The van der Waals surface area contributed by atoms with Gasteiger partial charge in [0, 0.05) is 17.8 Å². The molecule has 4 atom stereocenters. The summed E-state index contributed by atoms with van der Waals surface area (Å²) in [4.78, 5) is 18.1. The van der Waals surface area contributed by atoms with Crippen molar-refractivity contribution < 1.29 is 4.79 Å². The Balaban J connectivity index is 1.66. The third-order valence-corrected chi connectivity index (χ3v) is 8.31. The number of aldehydes is 1. The average molecular weight is 405 g/mol. The van der Waals surface area contributed by atoms with Crippen LogP contribution in [0.1, 0.15) is 57.1 Å². The van der Waals surface area contributed by atoms with Gasteiger partial charge in [0.15, 0.2) is 0 Å². The highest BCUT2D eigenvalue weighted by Gasteiger charge is 2.53. The van der Waals surface area contributed by atoms with E-state index >= 15 is 0 Å². The number of fused-ring (bicyclic) bond motifs is 3. The number of aromatic nitrogens is 1. The summed E-state index contributed by atoms with van der Waals surface area (Å²) < 4.78 is 0. The molecule has 1 aromatic heterocycles. The highest BCUT2D eigenvalue weighted by molar-refractivity contribution is 5.78. The van der Waals surface area contributed by atoms with Crippen molar-refractivity contribution in [1.29, 1.82) is 0 Å².